The van der Waals surface area contributed by atoms with Crippen molar-refractivity contribution in [2.24, 2.45) is 5.41 Å². The van der Waals surface area contributed by atoms with Crippen LogP contribution in [0.25, 0.3) is 0 Å². The molecular weight excluding hydrogens is 186 g/mol. The van der Waals surface area contributed by atoms with Gasteiger partial charge in [-0.05, 0) is 25.0 Å². The minimum absolute atomic E-state index is 0.464. The van der Waals surface area contributed by atoms with Gasteiger partial charge in [-0.1, -0.05) is 19.3 Å². The minimum atomic E-state index is 0.464. The van der Waals surface area contributed by atoms with Crippen LogP contribution < -0.4 is 5.32 Å². The fourth-order valence-corrected chi connectivity index (χ4v) is 3.10. The van der Waals surface area contributed by atoms with E-state index in [4.69, 9.17) is 0 Å². The number of hydrogen-bond acceptors (Lipinski definition) is 3. The SMILES string of the molecule is c1cnnc(C2NCC23CCCCC3)c1. The van der Waals surface area contributed by atoms with Crippen LogP contribution in [0.3, 0.4) is 0 Å². The van der Waals surface area contributed by atoms with E-state index in [-0.39, 0.29) is 0 Å². The molecule has 2 aliphatic rings. The molecule has 1 aliphatic heterocycles. The van der Waals surface area contributed by atoms with Crippen molar-refractivity contribution in [1.29, 1.82) is 0 Å². The van der Waals surface area contributed by atoms with Crippen molar-refractivity contribution < 1.29 is 0 Å². The molecule has 3 nitrogen and oxygen atoms in total. The van der Waals surface area contributed by atoms with Crippen LogP contribution in [0.2, 0.25) is 0 Å². The Morgan fingerprint density at radius 3 is 2.73 bits per heavy atom. The zero-order chi connectivity index (χ0) is 10.1. The van der Waals surface area contributed by atoms with Gasteiger partial charge in [-0.2, -0.15) is 10.2 Å². The molecule has 0 amide bonds. The molecule has 0 radical (unpaired) electrons. The predicted molar refractivity (Wildman–Crippen MR) is 58.3 cm³/mol. The van der Waals surface area contributed by atoms with E-state index in [9.17, 15) is 0 Å². The summed E-state index contributed by atoms with van der Waals surface area (Å²) >= 11 is 0. The van der Waals surface area contributed by atoms with Gasteiger partial charge in [-0.3, -0.25) is 0 Å². The van der Waals surface area contributed by atoms with E-state index >= 15 is 0 Å². The Morgan fingerprint density at radius 1 is 1.27 bits per heavy atom. The molecule has 1 atom stereocenters. The van der Waals surface area contributed by atoms with Crippen LogP contribution in [-0.2, 0) is 0 Å². The molecule has 1 aromatic heterocycles. The van der Waals surface area contributed by atoms with Gasteiger partial charge in [0.25, 0.3) is 0 Å². The summed E-state index contributed by atoms with van der Waals surface area (Å²) in [5, 5.41) is 11.7. The molecule has 3 heteroatoms. The highest BCUT2D eigenvalue weighted by Gasteiger charge is 2.48. The van der Waals surface area contributed by atoms with E-state index < -0.39 is 0 Å². The van der Waals surface area contributed by atoms with Crippen LogP contribution in [0.15, 0.2) is 18.3 Å². The topological polar surface area (TPSA) is 37.8 Å². The highest BCUT2D eigenvalue weighted by Crippen LogP contribution is 2.50. The summed E-state index contributed by atoms with van der Waals surface area (Å²) in [6.45, 7) is 1.17. The normalized spacial score (nSPS) is 28.7. The second-order valence-corrected chi connectivity index (χ2v) is 4.89. The van der Waals surface area contributed by atoms with E-state index in [0.717, 1.165) is 5.69 Å². The average Bonchev–Trinajstić information content (AvgIpc) is 2.30. The lowest BCUT2D eigenvalue weighted by Crippen LogP contribution is -2.57. The molecule has 1 saturated heterocycles. The largest absolute Gasteiger partial charge is 0.307 e. The summed E-state index contributed by atoms with van der Waals surface area (Å²) in [5.74, 6) is 0. The third kappa shape index (κ3) is 1.46. The zero-order valence-electron chi connectivity index (χ0n) is 8.95. The second-order valence-electron chi connectivity index (χ2n) is 4.89. The highest BCUT2D eigenvalue weighted by molar-refractivity contribution is 5.17. The summed E-state index contributed by atoms with van der Waals surface area (Å²) in [5.41, 5.74) is 1.64. The van der Waals surface area contributed by atoms with Crippen molar-refractivity contribution in [3.05, 3.63) is 24.0 Å². The van der Waals surface area contributed by atoms with Crippen molar-refractivity contribution in [1.82, 2.24) is 15.5 Å². The molecule has 3 rings (SSSR count). The number of nitrogens with one attached hydrogen (secondary N) is 1. The van der Waals surface area contributed by atoms with Crippen molar-refractivity contribution in [2.45, 2.75) is 38.1 Å². The van der Waals surface area contributed by atoms with Crippen LogP contribution in [0.4, 0.5) is 0 Å². The number of aromatic nitrogens is 2. The van der Waals surface area contributed by atoms with E-state index in [1.54, 1.807) is 6.20 Å². The first kappa shape index (κ1) is 9.28. The van der Waals surface area contributed by atoms with Crippen LogP contribution >= 0.6 is 0 Å². The van der Waals surface area contributed by atoms with Crippen LogP contribution in [-0.4, -0.2) is 16.7 Å². The fraction of sp³-hybridized carbons (Fsp3) is 0.667. The van der Waals surface area contributed by atoms with Crippen LogP contribution in [0.5, 0.6) is 0 Å². The first-order valence-corrected chi connectivity index (χ1v) is 5.92. The Kier molecular flexibility index (Phi) is 2.20. The lowest BCUT2D eigenvalue weighted by Gasteiger charge is -2.52. The quantitative estimate of drug-likeness (QED) is 0.759. The maximum Gasteiger partial charge on any atom is 0.0806 e. The molecule has 1 N–H and O–H groups in total. The van der Waals surface area contributed by atoms with Crippen molar-refractivity contribution >= 4 is 0 Å². The van der Waals surface area contributed by atoms with Crippen molar-refractivity contribution in [2.75, 3.05) is 6.54 Å². The Morgan fingerprint density at radius 2 is 2.13 bits per heavy atom. The Balaban J connectivity index is 1.83. The van der Waals surface area contributed by atoms with E-state index in [1.807, 2.05) is 6.07 Å². The van der Waals surface area contributed by atoms with Crippen LogP contribution in [0, 0.1) is 5.41 Å². The molecular formula is C12H17N3. The number of hydrogen-bond donors (Lipinski definition) is 1. The maximum absolute atomic E-state index is 4.24. The van der Waals surface area contributed by atoms with Gasteiger partial charge in [0, 0.05) is 18.2 Å². The van der Waals surface area contributed by atoms with E-state index in [0.29, 0.717) is 11.5 Å². The average molecular weight is 203 g/mol. The molecule has 2 heterocycles. The fourth-order valence-electron chi connectivity index (χ4n) is 3.10. The van der Waals surface area contributed by atoms with E-state index in [2.05, 4.69) is 21.6 Å². The molecule has 1 saturated carbocycles. The molecule has 2 fully saturated rings. The van der Waals surface area contributed by atoms with Gasteiger partial charge in [0.05, 0.1) is 11.7 Å². The monoisotopic (exact) mass is 203 g/mol. The number of rotatable bonds is 1. The maximum atomic E-state index is 4.24. The summed E-state index contributed by atoms with van der Waals surface area (Å²) in [4.78, 5) is 0. The van der Waals surface area contributed by atoms with Gasteiger partial charge in [-0.15, -0.1) is 0 Å². The van der Waals surface area contributed by atoms with Gasteiger partial charge in [0.2, 0.25) is 0 Å². The molecule has 0 bridgehead atoms. The lowest BCUT2D eigenvalue weighted by atomic mass is 9.63. The lowest BCUT2D eigenvalue weighted by molar-refractivity contribution is 0.0332. The van der Waals surface area contributed by atoms with Gasteiger partial charge < -0.3 is 5.32 Å². The van der Waals surface area contributed by atoms with E-state index in [1.165, 1.54) is 38.6 Å². The van der Waals surface area contributed by atoms with Gasteiger partial charge in [-0.25, -0.2) is 0 Å². The van der Waals surface area contributed by atoms with Gasteiger partial charge in [0.15, 0.2) is 0 Å². The Hall–Kier alpha value is -0.960. The van der Waals surface area contributed by atoms with Crippen molar-refractivity contribution in [3.63, 3.8) is 0 Å². The molecule has 0 aromatic carbocycles. The number of nitrogens with zero attached hydrogens (tertiary/aromatic N) is 2. The summed E-state index contributed by atoms with van der Waals surface area (Å²) in [7, 11) is 0. The first-order valence-electron chi connectivity index (χ1n) is 5.92. The molecule has 1 unspecified atom stereocenters. The van der Waals surface area contributed by atoms with Gasteiger partial charge >= 0.3 is 0 Å². The van der Waals surface area contributed by atoms with Crippen molar-refractivity contribution in [3.8, 4) is 0 Å². The summed E-state index contributed by atoms with van der Waals surface area (Å²) in [6, 6.07) is 4.55. The molecule has 1 spiro atoms. The smallest absolute Gasteiger partial charge is 0.0806 e. The second kappa shape index (κ2) is 3.56. The molecule has 1 aliphatic carbocycles. The Labute approximate surface area is 90.3 Å². The molecule has 15 heavy (non-hydrogen) atoms. The minimum Gasteiger partial charge on any atom is -0.307 e. The van der Waals surface area contributed by atoms with Gasteiger partial charge in [0.1, 0.15) is 0 Å². The molecule has 1 aromatic rings. The summed E-state index contributed by atoms with van der Waals surface area (Å²) < 4.78 is 0. The van der Waals surface area contributed by atoms with Crippen LogP contribution in [0.1, 0.15) is 43.8 Å². The zero-order valence-corrected chi connectivity index (χ0v) is 8.95. The third-order valence-electron chi connectivity index (χ3n) is 4.01. The Bertz CT molecular complexity index is 330. The predicted octanol–water partition coefficient (Wildman–Crippen LogP) is 2.07. The highest BCUT2D eigenvalue weighted by atomic mass is 15.1. The first-order chi connectivity index (χ1) is 7.41. The summed E-state index contributed by atoms with van der Waals surface area (Å²) in [6.07, 6.45) is 8.66. The standard InChI is InChI=1S/C12H17N3/c1-2-6-12(7-3-1)9-13-11(12)10-5-4-8-14-15-10/h4-5,8,11,13H,1-3,6-7,9H2. The molecule has 80 valence electrons. The third-order valence-corrected chi connectivity index (χ3v) is 4.01.